The van der Waals surface area contributed by atoms with E-state index in [1.54, 1.807) is 7.11 Å². The number of nitrogens with zero attached hydrogens (tertiary/aromatic N) is 4. The highest BCUT2D eigenvalue weighted by Gasteiger charge is 2.21. The number of halogens is 2. The van der Waals surface area contributed by atoms with Crippen molar-refractivity contribution in [1.29, 1.82) is 0 Å². The van der Waals surface area contributed by atoms with Crippen LogP contribution in [-0.2, 0) is 22.4 Å². The van der Waals surface area contributed by atoms with E-state index in [1.165, 1.54) is 11.9 Å². The smallest absolute Gasteiger partial charge is 0.326 e. The summed E-state index contributed by atoms with van der Waals surface area (Å²) < 4.78 is 32.7. The van der Waals surface area contributed by atoms with Crippen molar-refractivity contribution in [3.63, 3.8) is 0 Å². The molecule has 204 valence electrons. The minimum absolute atomic E-state index is 0.150. The van der Waals surface area contributed by atoms with Crippen molar-refractivity contribution in [3.8, 4) is 0 Å². The van der Waals surface area contributed by atoms with Gasteiger partial charge < -0.3 is 25.4 Å². The van der Waals surface area contributed by atoms with Crippen molar-refractivity contribution in [2.24, 2.45) is 0 Å². The first-order valence-electron chi connectivity index (χ1n) is 13.0. The van der Waals surface area contributed by atoms with Crippen LogP contribution in [0.25, 0.3) is 10.9 Å². The van der Waals surface area contributed by atoms with E-state index in [1.807, 2.05) is 0 Å². The number of hydrogen-bond acceptors (Lipinski definition) is 8. The van der Waals surface area contributed by atoms with E-state index >= 15 is 0 Å². The summed E-state index contributed by atoms with van der Waals surface area (Å²) in [6.45, 7) is 3.47. The van der Waals surface area contributed by atoms with Gasteiger partial charge in [0, 0.05) is 43.9 Å². The van der Waals surface area contributed by atoms with Crippen molar-refractivity contribution in [2.45, 2.75) is 44.6 Å². The van der Waals surface area contributed by atoms with E-state index in [9.17, 15) is 18.7 Å². The van der Waals surface area contributed by atoms with E-state index in [4.69, 9.17) is 9.72 Å². The predicted molar refractivity (Wildman–Crippen MR) is 141 cm³/mol. The summed E-state index contributed by atoms with van der Waals surface area (Å²) >= 11 is 0. The normalized spacial score (nSPS) is 13.8. The molecule has 3 aromatic rings. The summed E-state index contributed by atoms with van der Waals surface area (Å²) in [6, 6.07) is 5.24. The van der Waals surface area contributed by atoms with Crippen LogP contribution in [0.15, 0.2) is 30.6 Å². The highest BCUT2D eigenvalue weighted by Crippen LogP contribution is 2.23. The third kappa shape index (κ3) is 7.32. The summed E-state index contributed by atoms with van der Waals surface area (Å²) in [5.74, 6) is -1.97. The zero-order chi connectivity index (χ0) is 26.9. The second-order valence-electron chi connectivity index (χ2n) is 9.46. The molecule has 11 heteroatoms. The van der Waals surface area contributed by atoms with Crippen LogP contribution in [0, 0.1) is 11.6 Å². The fourth-order valence-corrected chi connectivity index (χ4v) is 4.61. The average molecular weight is 529 g/mol. The number of fused-ring (bicyclic) bond motifs is 2. The van der Waals surface area contributed by atoms with E-state index in [-0.39, 0.29) is 23.1 Å². The standard InChI is InChI=1S/C27H34F2N6O3/c1-38-14-13-35(11-3-2-6-19-8-7-18-5-4-10-30-25(18)33-19)12-9-23(27(36)37)34-26-20-15-21(28)22(29)16-24(20)31-17-32-26/h7-8,15-17,23H,2-6,9-14H2,1H3,(H,30,33)(H,36,37)(H,31,32,34)/t23-/m0/s1. The molecule has 1 aromatic carbocycles. The summed E-state index contributed by atoms with van der Waals surface area (Å²) in [7, 11) is 1.64. The molecule has 0 saturated carbocycles. The Kier molecular flexibility index (Phi) is 9.72. The highest BCUT2D eigenvalue weighted by molar-refractivity contribution is 5.90. The summed E-state index contributed by atoms with van der Waals surface area (Å²) in [5.41, 5.74) is 2.54. The Balaban J connectivity index is 1.32. The van der Waals surface area contributed by atoms with Gasteiger partial charge in [-0.1, -0.05) is 6.07 Å². The van der Waals surface area contributed by atoms with Gasteiger partial charge in [-0.25, -0.2) is 28.5 Å². The minimum atomic E-state index is -1.06. The zero-order valence-electron chi connectivity index (χ0n) is 21.6. The number of rotatable bonds is 14. The lowest BCUT2D eigenvalue weighted by Crippen LogP contribution is -2.37. The number of carboxylic acids is 1. The minimum Gasteiger partial charge on any atom is -0.480 e. The molecule has 0 amide bonds. The number of benzene rings is 1. The molecule has 0 bridgehead atoms. The number of aromatic nitrogens is 3. The van der Waals surface area contributed by atoms with Gasteiger partial charge in [0.2, 0.25) is 0 Å². The number of unbranched alkanes of at least 4 members (excludes halogenated alkanes) is 1. The average Bonchev–Trinajstić information content (AvgIpc) is 2.92. The van der Waals surface area contributed by atoms with Gasteiger partial charge in [-0.05, 0) is 62.8 Å². The quantitative estimate of drug-likeness (QED) is 0.268. The Morgan fingerprint density at radius 3 is 2.84 bits per heavy atom. The summed E-state index contributed by atoms with van der Waals surface area (Å²) in [6.07, 6.45) is 6.46. The molecule has 3 heterocycles. The molecule has 3 N–H and O–H groups in total. The van der Waals surface area contributed by atoms with E-state index < -0.39 is 23.6 Å². The number of aryl methyl sites for hydroxylation is 2. The van der Waals surface area contributed by atoms with Crippen molar-refractivity contribution in [2.75, 3.05) is 50.5 Å². The van der Waals surface area contributed by atoms with Crippen LogP contribution in [0.2, 0.25) is 0 Å². The van der Waals surface area contributed by atoms with E-state index in [2.05, 4.69) is 37.6 Å². The summed E-state index contributed by atoms with van der Waals surface area (Å²) in [5, 5.41) is 16.3. The lowest BCUT2D eigenvalue weighted by molar-refractivity contribution is -0.138. The van der Waals surface area contributed by atoms with Crippen LogP contribution in [0.3, 0.4) is 0 Å². The number of pyridine rings is 1. The molecule has 0 spiro atoms. The van der Waals surface area contributed by atoms with E-state index in [0.717, 1.165) is 68.8 Å². The molecule has 0 unspecified atom stereocenters. The number of carbonyl (C=O) groups is 1. The molecule has 1 aliphatic heterocycles. The monoisotopic (exact) mass is 528 g/mol. The number of carboxylic acid groups (broad SMARTS) is 1. The van der Waals surface area contributed by atoms with Gasteiger partial charge in [0.1, 0.15) is 24.0 Å². The fraction of sp³-hybridized carbons (Fsp3) is 0.481. The molecular formula is C27H34F2N6O3. The van der Waals surface area contributed by atoms with Gasteiger partial charge in [-0.15, -0.1) is 0 Å². The largest absolute Gasteiger partial charge is 0.480 e. The first-order valence-corrected chi connectivity index (χ1v) is 13.0. The maximum absolute atomic E-state index is 13.8. The number of nitrogens with one attached hydrogen (secondary N) is 2. The number of ether oxygens (including phenoxy) is 1. The second-order valence-corrected chi connectivity index (χ2v) is 9.46. The van der Waals surface area contributed by atoms with Crippen LogP contribution in [0.4, 0.5) is 20.4 Å². The maximum Gasteiger partial charge on any atom is 0.326 e. The first-order chi connectivity index (χ1) is 18.4. The molecule has 38 heavy (non-hydrogen) atoms. The molecule has 0 aliphatic carbocycles. The lowest BCUT2D eigenvalue weighted by Gasteiger charge is -2.24. The van der Waals surface area contributed by atoms with Gasteiger partial charge in [0.05, 0.1) is 12.1 Å². The Morgan fingerprint density at radius 2 is 2.03 bits per heavy atom. The van der Waals surface area contributed by atoms with Gasteiger partial charge in [-0.3, -0.25) is 0 Å². The Hall–Kier alpha value is -3.44. The molecule has 0 radical (unpaired) electrons. The number of hydrogen-bond donors (Lipinski definition) is 3. The van der Waals surface area contributed by atoms with Crippen LogP contribution in [0.1, 0.15) is 36.9 Å². The van der Waals surface area contributed by atoms with Gasteiger partial charge in [0.25, 0.3) is 0 Å². The van der Waals surface area contributed by atoms with Crippen LogP contribution in [0.5, 0.6) is 0 Å². The molecule has 0 fully saturated rings. The van der Waals surface area contributed by atoms with Crippen molar-refractivity contribution in [3.05, 3.63) is 53.5 Å². The third-order valence-corrected chi connectivity index (χ3v) is 6.74. The molecular weight excluding hydrogens is 494 g/mol. The number of aliphatic carboxylic acids is 1. The Morgan fingerprint density at radius 1 is 1.18 bits per heavy atom. The highest BCUT2D eigenvalue weighted by atomic mass is 19.2. The summed E-state index contributed by atoms with van der Waals surface area (Å²) in [4.78, 5) is 27.0. The molecule has 1 atom stereocenters. The molecule has 9 nitrogen and oxygen atoms in total. The lowest BCUT2D eigenvalue weighted by atomic mass is 10.1. The number of methoxy groups -OCH3 is 1. The van der Waals surface area contributed by atoms with Gasteiger partial charge in [-0.2, -0.15) is 0 Å². The fourth-order valence-electron chi connectivity index (χ4n) is 4.61. The predicted octanol–water partition coefficient (Wildman–Crippen LogP) is 3.89. The Labute approximate surface area is 220 Å². The molecule has 1 aliphatic rings. The van der Waals surface area contributed by atoms with E-state index in [0.29, 0.717) is 19.7 Å². The van der Waals surface area contributed by atoms with Crippen LogP contribution >= 0.6 is 0 Å². The van der Waals surface area contributed by atoms with Gasteiger partial charge >= 0.3 is 5.97 Å². The zero-order valence-corrected chi connectivity index (χ0v) is 21.6. The topological polar surface area (TPSA) is 113 Å². The second kappa shape index (κ2) is 13.4. The van der Waals surface area contributed by atoms with Crippen molar-refractivity contribution < 1.29 is 23.4 Å². The third-order valence-electron chi connectivity index (χ3n) is 6.74. The SMILES string of the molecule is COCCN(CCCCc1ccc2c(n1)NCCC2)CC[C@H](Nc1ncnc2cc(F)c(F)cc12)C(=O)O. The van der Waals surface area contributed by atoms with Gasteiger partial charge in [0.15, 0.2) is 11.6 Å². The number of anilines is 2. The first kappa shape index (κ1) is 27.6. The van der Waals surface area contributed by atoms with Crippen LogP contribution < -0.4 is 10.6 Å². The van der Waals surface area contributed by atoms with Crippen LogP contribution in [-0.4, -0.2) is 76.9 Å². The maximum atomic E-state index is 13.8. The molecule has 0 saturated heterocycles. The molecule has 4 rings (SSSR count). The Bertz CT molecular complexity index is 1240. The van der Waals surface area contributed by atoms with Crippen molar-refractivity contribution >= 4 is 28.5 Å². The van der Waals surface area contributed by atoms with Crippen molar-refractivity contribution in [1.82, 2.24) is 19.9 Å². The molecule has 2 aromatic heterocycles.